The summed E-state index contributed by atoms with van der Waals surface area (Å²) in [6, 6.07) is 8.48. The SMILES string of the molecule is CC(C)(C)[C@]1(C)O[C@H]1S(=O)(=O)c1ccccc1. The van der Waals surface area contributed by atoms with Crippen molar-refractivity contribution in [3.8, 4) is 0 Å². The highest BCUT2D eigenvalue weighted by atomic mass is 32.2. The quantitative estimate of drug-likeness (QED) is 0.762. The van der Waals surface area contributed by atoms with Gasteiger partial charge in [0, 0.05) is 0 Å². The van der Waals surface area contributed by atoms with Crippen LogP contribution in [0.15, 0.2) is 35.2 Å². The highest BCUT2D eigenvalue weighted by Gasteiger charge is 2.66. The molecule has 1 aromatic rings. The predicted molar refractivity (Wildman–Crippen MR) is 66.4 cm³/mol. The van der Waals surface area contributed by atoms with E-state index in [4.69, 9.17) is 4.74 Å². The van der Waals surface area contributed by atoms with Crippen LogP contribution < -0.4 is 0 Å². The minimum absolute atomic E-state index is 0.195. The Morgan fingerprint density at radius 3 is 2.12 bits per heavy atom. The van der Waals surface area contributed by atoms with Gasteiger partial charge in [-0.15, -0.1) is 0 Å². The Hall–Kier alpha value is -0.870. The van der Waals surface area contributed by atoms with Crippen LogP contribution in [0.2, 0.25) is 0 Å². The molecule has 1 aromatic carbocycles. The van der Waals surface area contributed by atoms with Gasteiger partial charge in [0.1, 0.15) is 5.60 Å². The van der Waals surface area contributed by atoms with Crippen LogP contribution in [0.1, 0.15) is 27.7 Å². The lowest BCUT2D eigenvalue weighted by atomic mass is 9.82. The molecule has 2 atom stereocenters. The van der Waals surface area contributed by atoms with Gasteiger partial charge in [0.05, 0.1) is 4.90 Å². The van der Waals surface area contributed by atoms with Crippen LogP contribution in [-0.4, -0.2) is 19.5 Å². The molecule has 0 bridgehead atoms. The third-order valence-electron chi connectivity index (χ3n) is 3.59. The smallest absolute Gasteiger partial charge is 0.208 e. The van der Waals surface area contributed by atoms with Gasteiger partial charge in [-0.3, -0.25) is 0 Å². The Bertz CT molecular complexity index is 513. The zero-order valence-corrected chi connectivity index (χ0v) is 11.4. The van der Waals surface area contributed by atoms with Crippen molar-refractivity contribution < 1.29 is 13.2 Å². The highest BCUT2D eigenvalue weighted by molar-refractivity contribution is 7.92. The average molecular weight is 254 g/mol. The maximum absolute atomic E-state index is 12.3. The predicted octanol–water partition coefficient (Wildman–Crippen LogP) is 2.62. The number of ether oxygens (including phenoxy) is 1. The molecule has 2 rings (SSSR count). The molecule has 0 aliphatic carbocycles. The third-order valence-corrected chi connectivity index (χ3v) is 5.63. The number of rotatable bonds is 2. The first-order valence-corrected chi connectivity index (χ1v) is 7.21. The number of hydrogen-bond donors (Lipinski definition) is 0. The summed E-state index contributed by atoms with van der Waals surface area (Å²) in [7, 11) is -3.38. The molecule has 0 aromatic heterocycles. The molecule has 0 amide bonds. The summed E-state index contributed by atoms with van der Waals surface area (Å²) in [5.41, 5.74) is -1.52. The van der Waals surface area contributed by atoms with Crippen molar-refractivity contribution in [3.05, 3.63) is 30.3 Å². The molecule has 94 valence electrons. The highest BCUT2D eigenvalue weighted by Crippen LogP contribution is 2.53. The first-order chi connectivity index (χ1) is 7.69. The van der Waals surface area contributed by atoms with Crippen LogP contribution in [0.25, 0.3) is 0 Å². The molecule has 4 heteroatoms. The van der Waals surface area contributed by atoms with E-state index in [1.54, 1.807) is 30.3 Å². The molecular weight excluding hydrogens is 236 g/mol. The fourth-order valence-electron chi connectivity index (χ4n) is 1.81. The summed E-state index contributed by atoms with van der Waals surface area (Å²) in [5, 5.41) is 0. The van der Waals surface area contributed by atoms with Gasteiger partial charge < -0.3 is 4.74 Å². The van der Waals surface area contributed by atoms with Gasteiger partial charge in [-0.1, -0.05) is 39.0 Å². The molecule has 0 N–H and O–H groups in total. The van der Waals surface area contributed by atoms with Crippen LogP contribution >= 0.6 is 0 Å². The van der Waals surface area contributed by atoms with E-state index in [0.29, 0.717) is 4.90 Å². The fourth-order valence-corrected chi connectivity index (χ4v) is 3.87. The Labute approximate surface area is 103 Å². The van der Waals surface area contributed by atoms with Gasteiger partial charge >= 0.3 is 0 Å². The van der Waals surface area contributed by atoms with Crippen LogP contribution in [0, 0.1) is 5.41 Å². The average Bonchev–Trinajstić information content (AvgIpc) is 2.94. The normalized spacial score (nSPS) is 29.1. The third kappa shape index (κ3) is 1.89. The summed E-state index contributed by atoms with van der Waals surface area (Å²) >= 11 is 0. The maximum atomic E-state index is 12.3. The first kappa shape index (κ1) is 12.6. The van der Waals surface area contributed by atoms with Crippen LogP contribution in [0.3, 0.4) is 0 Å². The topological polar surface area (TPSA) is 46.7 Å². The van der Waals surface area contributed by atoms with Crippen molar-refractivity contribution in [2.75, 3.05) is 0 Å². The molecular formula is C13H18O3S. The Balaban J connectivity index is 2.34. The fraction of sp³-hybridized carbons (Fsp3) is 0.538. The van der Waals surface area contributed by atoms with Crippen molar-refractivity contribution in [3.63, 3.8) is 0 Å². The Morgan fingerprint density at radius 2 is 1.71 bits per heavy atom. The van der Waals surface area contributed by atoms with Gasteiger partial charge in [-0.25, -0.2) is 8.42 Å². The number of benzene rings is 1. The largest absolute Gasteiger partial charge is 0.348 e. The summed E-state index contributed by atoms with van der Waals surface area (Å²) in [4.78, 5) is 0.331. The molecule has 1 fully saturated rings. The molecule has 3 nitrogen and oxygen atoms in total. The van der Waals surface area contributed by atoms with Gasteiger partial charge in [0.15, 0.2) is 5.44 Å². The van der Waals surface area contributed by atoms with E-state index in [2.05, 4.69) is 0 Å². The minimum Gasteiger partial charge on any atom is -0.348 e. The molecule has 1 saturated heterocycles. The second-order valence-corrected chi connectivity index (χ2v) is 7.65. The van der Waals surface area contributed by atoms with E-state index in [1.807, 2.05) is 27.7 Å². The van der Waals surface area contributed by atoms with E-state index >= 15 is 0 Å². The van der Waals surface area contributed by atoms with E-state index < -0.39 is 20.9 Å². The number of hydrogen-bond acceptors (Lipinski definition) is 3. The van der Waals surface area contributed by atoms with Crippen molar-refractivity contribution in [2.24, 2.45) is 5.41 Å². The van der Waals surface area contributed by atoms with Gasteiger partial charge in [0.2, 0.25) is 9.84 Å². The van der Waals surface area contributed by atoms with Crippen LogP contribution in [0.5, 0.6) is 0 Å². The lowest BCUT2D eigenvalue weighted by Gasteiger charge is -2.24. The molecule has 0 spiro atoms. The van der Waals surface area contributed by atoms with E-state index in [0.717, 1.165) is 0 Å². The zero-order valence-electron chi connectivity index (χ0n) is 10.6. The second kappa shape index (κ2) is 3.56. The van der Waals surface area contributed by atoms with E-state index in [9.17, 15) is 8.42 Å². The minimum atomic E-state index is -3.38. The van der Waals surface area contributed by atoms with Crippen molar-refractivity contribution in [2.45, 2.75) is 43.6 Å². The van der Waals surface area contributed by atoms with Crippen molar-refractivity contribution in [1.82, 2.24) is 0 Å². The van der Waals surface area contributed by atoms with Gasteiger partial charge in [-0.05, 0) is 24.5 Å². The summed E-state index contributed by atoms with van der Waals surface area (Å²) in [6.45, 7) is 7.84. The Kier molecular flexibility index (Phi) is 2.64. The van der Waals surface area contributed by atoms with Crippen molar-refractivity contribution in [1.29, 1.82) is 0 Å². The van der Waals surface area contributed by atoms with Crippen molar-refractivity contribution >= 4 is 9.84 Å². The lowest BCUT2D eigenvalue weighted by molar-refractivity contribution is 0.173. The molecule has 0 radical (unpaired) electrons. The van der Waals surface area contributed by atoms with E-state index in [-0.39, 0.29) is 5.41 Å². The molecule has 1 aliphatic rings. The summed E-state index contributed by atoms with van der Waals surface area (Å²) < 4.78 is 30.2. The van der Waals surface area contributed by atoms with Crippen LogP contribution in [-0.2, 0) is 14.6 Å². The van der Waals surface area contributed by atoms with Gasteiger partial charge in [0.25, 0.3) is 0 Å². The number of sulfone groups is 1. The summed E-state index contributed by atoms with van der Waals surface area (Å²) in [6.07, 6.45) is 0. The molecule has 1 aliphatic heterocycles. The monoisotopic (exact) mass is 254 g/mol. The molecule has 0 unspecified atom stereocenters. The van der Waals surface area contributed by atoms with Crippen LogP contribution in [0.4, 0.5) is 0 Å². The maximum Gasteiger partial charge on any atom is 0.208 e. The second-order valence-electron chi connectivity index (χ2n) is 5.66. The van der Waals surface area contributed by atoms with Gasteiger partial charge in [-0.2, -0.15) is 0 Å². The first-order valence-electron chi connectivity index (χ1n) is 5.66. The van der Waals surface area contributed by atoms with E-state index in [1.165, 1.54) is 0 Å². The number of epoxide rings is 1. The molecule has 1 heterocycles. The molecule has 0 saturated carbocycles. The molecule has 17 heavy (non-hydrogen) atoms. The standard InChI is InChI=1S/C13H18O3S/c1-12(2,3)13(4)11(16-13)17(14,15)10-8-6-5-7-9-10/h5-9,11H,1-4H3/t11-,13+/m0/s1. The zero-order chi connectivity index (χ0) is 12.9. The summed E-state index contributed by atoms with van der Waals surface area (Å²) in [5.74, 6) is 0. The lowest BCUT2D eigenvalue weighted by Crippen LogP contribution is -2.32. The Morgan fingerprint density at radius 1 is 1.18 bits per heavy atom.